The number of rotatable bonds is 0. The van der Waals surface area contributed by atoms with Crippen LogP contribution in [0.2, 0.25) is 0 Å². The van der Waals surface area contributed by atoms with Gasteiger partial charge < -0.3 is 0 Å². The maximum atomic E-state index is 2.40. The quantitative estimate of drug-likeness (QED) is 0.555. The largest absolute Gasteiger partial charge is 0.294 e. The molecule has 78 valence electrons. The maximum absolute atomic E-state index is 2.40. The second-order valence-electron chi connectivity index (χ2n) is 4.36. The zero-order valence-corrected chi connectivity index (χ0v) is 9.29. The van der Waals surface area contributed by atoms with Crippen LogP contribution in [-0.2, 0) is 0 Å². The van der Waals surface area contributed by atoms with Crippen molar-refractivity contribution in [2.24, 2.45) is 0 Å². The molecule has 1 aliphatic heterocycles. The third-order valence-electron chi connectivity index (χ3n) is 2.55. The fraction of sp³-hybridized carbons (Fsp3) is 1.00. The molecule has 0 aromatic rings. The van der Waals surface area contributed by atoms with Gasteiger partial charge in [-0.15, -0.1) is 0 Å². The highest BCUT2D eigenvalue weighted by Crippen LogP contribution is 2.03. The Labute approximate surface area is 82.3 Å². The molecule has 0 radical (unpaired) electrons. The molecule has 3 nitrogen and oxygen atoms in total. The first-order valence-electron chi connectivity index (χ1n) is 5.24. The van der Waals surface area contributed by atoms with Crippen molar-refractivity contribution in [2.75, 3.05) is 47.6 Å². The van der Waals surface area contributed by atoms with Crippen molar-refractivity contribution in [3.8, 4) is 0 Å². The van der Waals surface area contributed by atoms with Crippen molar-refractivity contribution < 1.29 is 0 Å². The molecule has 3 heteroatoms. The van der Waals surface area contributed by atoms with E-state index in [1.807, 2.05) is 0 Å². The molecule has 0 amide bonds. The Balaban J connectivity index is 2.35. The Morgan fingerprint density at radius 2 is 1.08 bits per heavy atom. The zero-order chi connectivity index (χ0) is 9.68. The lowest BCUT2D eigenvalue weighted by molar-refractivity contribution is 0.108. The molecule has 1 aliphatic rings. The average Bonchev–Trinajstić information content (AvgIpc) is 2.02. The number of hydrogen-bond donors (Lipinski definition) is 0. The summed E-state index contributed by atoms with van der Waals surface area (Å²) >= 11 is 0. The fourth-order valence-electron chi connectivity index (χ4n) is 1.95. The van der Waals surface area contributed by atoms with Crippen molar-refractivity contribution in [1.82, 2.24) is 14.7 Å². The first kappa shape index (κ1) is 11.0. The van der Waals surface area contributed by atoms with E-state index in [1.165, 1.54) is 32.4 Å². The van der Waals surface area contributed by atoms with Crippen molar-refractivity contribution >= 4 is 0 Å². The Kier molecular flexibility index (Phi) is 4.70. The summed E-state index contributed by atoms with van der Waals surface area (Å²) in [5.41, 5.74) is 0. The van der Waals surface area contributed by atoms with E-state index < -0.39 is 0 Å². The summed E-state index contributed by atoms with van der Waals surface area (Å²) in [5.74, 6) is 0. The van der Waals surface area contributed by atoms with E-state index in [1.54, 1.807) is 0 Å². The van der Waals surface area contributed by atoms with Crippen LogP contribution >= 0.6 is 0 Å². The van der Waals surface area contributed by atoms with Crippen LogP contribution in [0.25, 0.3) is 0 Å². The lowest BCUT2D eigenvalue weighted by Gasteiger charge is -2.30. The number of nitrogens with zero attached hydrogens (tertiary/aromatic N) is 3. The van der Waals surface area contributed by atoms with Crippen LogP contribution in [0, 0.1) is 0 Å². The van der Waals surface area contributed by atoms with Gasteiger partial charge in [0.15, 0.2) is 0 Å². The predicted octanol–water partition coefficient (Wildman–Crippen LogP) is 0.881. The van der Waals surface area contributed by atoms with Crippen LogP contribution in [0.15, 0.2) is 0 Å². The van der Waals surface area contributed by atoms with Gasteiger partial charge in [-0.25, -0.2) is 0 Å². The Hall–Kier alpha value is -0.120. The van der Waals surface area contributed by atoms with Gasteiger partial charge in [-0.2, -0.15) is 0 Å². The maximum Gasteiger partial charge on any atom is 0.0512 e. The molecule has 0 bridgehead atoms. The van der Waals surface area contributed by atoms with Gasteiger partial charge in [-0.3, -0.25) is 14.7 Å². The predicted molar refractivity (Wildman–Crippen MR) is 56.6 cm³/mol. The Bertz CT molecular complexity index is 124. The molecule has 1 saturated heterocycles. The first-order valence-corrected chi connectivity index (χ1v) is 5.24. The van der Waals surface area contributed by atoms with Crippen molar-refractivity contribution in [3.05, 3.63) is 0 Å². The van der Waals surface area contributed by atoms with E-state index in [-0.39, 0.29) is 0 Å². The molecule has 0 aromatic heterocycles. The van der Waals surface area contributed by atoms with Crippen LogP contribution in [0.3, 0.4) is 0 Å². The van der Waals surface area contributed by atoms with E-state index in [9.17, 15) is 0 Å². The molecule has 0 spiro atoms. The van der Waals surface area contributed by atoms with Crippen LogP contribution in [-0.4, -0.2) is 62.3 Å². The summed E-state index contributed by atoms with van der Waals surface area (Å²) in [6.45, 7) is 4.66. The van der Waals surface area contributed by atoms with Gasteiger partial charge in [-0.1, -0.05) is 6.42 Å². The van der Waals surface area contributed by atoms with Crippen LogP contribution < -0.4 is 0 Å². The molecule has 0 atom stereocenters. The summed E-state index contributed by atoms with van der Waals surface area (Å²) in [5, 5.41) is 0. The summed E-state index contributed by atoms with van der Waals surface area (Å²) in [4.78, 5) is 7.17. The lowest BCUT2D eigenvalue weighted by atomic mass is 10.2. The van der Waals surface area contributed by atoms with E-state index in [2.05, 4.69) is 35.8 Å². The second kappa shape index (κ2) is 5.58. The van der Waals surface area contributed by atoms with Gasteiger partial charge in [0, 0.05) is 0 Å². The Morgan fingerprint density at radius 3 is 1.54 bits per heavy atom. The highest BCUT2D eigenvalue weighted by atomic mass is 15.4. The SMILES string of the molecule is CN1CCCCCN(C)CN(C)C1. The molecule has 0 aliphatic carbocycles. The van der Waals surface area contributed by atoms with E-state index in [0.29, 0.717) is 0 Å². The monoisotopic (exact) mass is 185 g/mol. The molecular weight excluding hydrogens is 162 g/mol. The van der Waals surface area contributed by atoms with Crippen molar-refractivity contribution in [1.29, 1.82) is 0 Å². The van der Waals surface area contributed by atoms with Crippen LogP contribution in [0.4, 0.5) is 0 Å². The zero-order valence-electron chi connectivity index (χ0n) is 9.29. The van der Waals surface area contributed by atoms with Gasteiger partial charge >= 0.3 is 0 Å². The minimum atomic E-state index is 1.09. The normalized spacial score (nSPS) is 26.1. The molecule has 0 N–H and O–H groups in total. The number of hydrogen-bond acceptors (Lipinski definition) is 3. The standard InChI is InChI=1S/C10H23N3/c1-11-7-5-4-6-8-12(2)10-13(3)9-11/h4-10H2,1-3H3. The molecule has 1 fully saturated rings. The molecule has 0 unspecified atom stereocenters. The molecule has 1 rings (SSSR count). The topological polar surface area (TPSA) is 9.72 Å². The van der Waals surface area contributed by atoms with Gasteiger partial charge in [-0.05, 0) is 47.1 Å². The molecule has 0 aromatic carbocycles. The van der Waals surface area contributed by atoms with Crippen LogP contribution in [0.5, 0.6) is 0 Å². The highest BCUT2D eigenvalue weighted by Gasteiger charge is 2.08. The smallest absolute Gasteiger partial charge is 0.0512 e. The fourth-order valence-corrected chi connectivity index (χ4v) is 1.95. The van der Waals surface area contributed by atoms with Gasteiger partial charge in [0.25, 0.3) is 0 Å². The van der Waals surface area contributed by atoms with Gasteiger partial charge in [0.05, 0.1) is 13.3 Å². The second-order valence-corrected chi connectivity index (χ2v) is 4.36. The molecule has 0 saturated carbocycles. The third kappa shape index (κ3) is 4.60. The van der Waals surface area contributed by atoms with Gasteiger partial charge in [0.1, 0.15) is 0 Å². The first-order chi connectivity index (χ1) is 6.18. The summed E-state index contributed by atoms with van der Waals surface area (Å²) < 4.78 is 0. The molecule has 1 heterocycles. The van der Waals surface area contributed by atoms with Crippen molar-refractivity contribution in [2.45, 2.75) is 19.3 Å². The third-order valence-corrected chi connectivity index (χ3v) is 2.55. The summed E-state index contributed by atoms with van der Waals surface area (Å²) in [6, 6.07) is 0. The summed E-state index contributed by atoms with van der Waals surface area (Å²) in [6.07, 6.45) is 4.06. The minimum Gasteiger partial charge on any atom is -0.294 e. The highest BCUT2D eigenvalue weighted by molar-refractivity contribution is 4.58. The van der Waals surface area contributed by atoms with E-state index >= 15 is 0 Å². The average molecular weight is 185 g/mol. The molecule has 13 heavy (non-hydrogen) atoms. The Morgan fingerprint density at radius 1 is 0.615 bits per heavy atom. The van der Waals surface area contributed by atoms with E-state index in [0.717, 1.165) is 13.3 Å². The minimum absolute atomic E-state index is 1.09. The lowest BCUT2D eigenvalue weighted by Crippen LogP contribution is -2.40. The van der Waals surface area contributed by atoms with Crippen molar-refractivity contribution in [3.63, 3.8) is 0 Å². The molecular formula is C10H23N3. The van der Waals surface area contributed by atoms with Gasteiger partial charge in [0.2, 0.25) is 0 Å². The van der Waals surface area contributed by atoms with Crippen LogP contribution in [0.1, 0.15) is 19.3 Å². The summed E-state index contributed by atoms with van der Waals surface area (Å²) in [7, 11) is 6.60. The van der Waals surface area contributed by atoms with E-state index in [4.69, 9.17) is 0 Å².